The van der Waals surface area contributed by atoms with Gasteiger partial charge in [0.2, 0.25) is 21.9 Å². The Morgan fingerprint density at radius 2 is 1.85 bits per heavy atom. The second-order valence-corrected chi connectivity index (χ2v) is 13.1. The van der Waals surface area contributed by atoms with Crippen molar-refractivity contribution in [2.24, 2.45) is 0 Å². The van der Waals surface area contributed by atoms with E-state index in [4.69, 9.17) is 4.98 Å². The van der Waals surface area contributed by atoms with Crippen LogP contribution in [0.15, 0.2) is 24.3 Å². The monoisotopic (exact) mass is 602 g/mol. The number of aromatic carboxylic acids is 1. The number of aromatic nitrogens is 3. The van der Waals surface area contributed by atoms with Gasteiger partial charge in [0, 0.05) is 44.4 Å². The van der Waals surface area contributed by atoms with E-state index in [1.807, 2.05) is 12.1 Å². The highest BCUT2D eigenvalue weighted by atomic mass is 32.2. The number of hydrogen-bond acceptors (Lipinski definition) is 11. The number of carbonyl (C=O) groups excluding carboxylic acids is 1. The molecule has 220 valence electrons. The Balaban J connectivity index is 1.60. The van der Waals surface area contributed by atoms with Crippen LogP contribution in [0, 0.1) is 6.92 Å². The minimum atomic E-state index is -3.44. The van der Waals surface area contributed by atoms with Crippen LogP contribution in [0.5, 0.6) is 0 Å². The van der Waals surface area contributed by atoms with Crippen LogP contribution in [0.4, 0.5) is 28.4 Å². The lowest BCUT2D eigenvalue weighted by Gasteiger charge is -2.31. The largest absolute Gasteiger partial charge is 0.477 e. The first-order valence-corrected chi connectivity index (χ1v) is 15.5. The molecule has 15 heteroatoms. The Bertz CT molecular complexity index is 1520. The van der Waals surface area contributed by atoms with Crippen LogP contribution in [-0.2, 0) is 27.8 Å². The summed E-state index contributed by atoms with van der Waals surface area (Å²) >= 11 is 1.01. The van der Waals surface area contributed by atoms with Crippen LogP contribution in [0.2, 0.25) is 0 Å². The molecule has 0 spiro atoms. The third-order valence-electron chi connectivity index (χ3n) is 6.35. The summed E-state index contributed by atoms with van der Waals surface area (Å²) in [4.78, 5) is 38.8. The number of aryl methyl sites for hydroxylation is 1. The van der Waals surface area contributed by atoms with Crippen molar-refractivity contribution in [1.29, 1.82) is 0 Å². The molecule has 3 aromatic rings. The zero-order valence-electron chi connectivity index (χ0n) is 23.3. The molecule has 5 N–H and O–H groups in total. The number of amides is 1. The van der Waals surface area contributed by atoms with Gasteiger partial charge < -0.3 is 20.6 Å². The van der Waals surface area contributed by atoms with Gasteiger partial charge in [-0.05, 0) is 51.3 Å². The van der Waals surface area contributed by atoms with E-state index in [0.29, 0.717) is 42.0 Å². The summed E-state index contributed by atoms with van der Waals surface area (Å²) in [6.07, 6.45) is 1.63. The SMILES string of the molecule is CC(=O)NCCNc1nc(Nc2nc(C)c(C(=O)O)s2)nc2c1CCCN2Cc1ccc(NS(=O)(=O)C(C)C)cc1. The fourth-order valence-corrected chi connectivity index (χ4v) is 5.72. The van der Waals surface area contributed by atoms with Crippen molar-refractivity contribution in [3.05, 3.63) is 46.0 Å². The molecular weight excluding hydrogens is 568 g/mol. The quantitative estimate of drug-likeness (QED) is 0.192. The summed E-state index contributed by atoms with van der Waals surface area (Å²) in [6, 6.07) is 7.25. The van der Waals surface area contributed by atoms with Crippen molar-refractivity contribution in [2.75, 3.05) is 39.9 Å². The lowest BCUT2D eigenvalue weighted by molar-refractivity contribution is -0.118. The Morgan fingerprint density at radius 3 is 2.49 bits per heavy atom. The number of anilines is 5. The molecule has 4 rings (SSSR count). The van der Waals surface area contributed by atoms with Gasteiger partial charge in [-0.1, -0.05) is 23.5 Å². The second kappa shape index (κ2) is 12.7. The molecule has 13 nitrogen and oxygen atoms in total. The predicted molar refractivity (Wildman–Crippen MR) is 160 cm³/mol. The molecule has 0 saturated carbocycles. The zero-order chi connectivity index (χ0) is 29.7. The van der Waals surface area contributed by atoms with Crippen LogP contribution in [0.25, 0.3) is 0 Å². The third-order valence-corrected chi connectivity index (χ3v) is 9.17. The Hall–Kier alpha value is -3.98. The number of nitrogens with one attached hydrogen (secondary N) is 4. The van der Waals surface area contributed by atoms with Gasteiger partial charge in [0.25, 0.3) is 0 Å². The molecule has 0 radical (unpaired) electrons. The normalized spacial score (nSPS) is 13.0. The number of fused-ring (bicyclic) bond motifs is 1. The molecule has 0 saturated heterocycles. The fourth-order valence-electron chi connectivity index (χ4n) is 4.22. The van der Waals surface area contributed by atoms with Crippen LogP contribution >= 0.6 is 11.3 Å². The number of carbonyl (C=O) groups is 2. The number of thiazole rings is 1. The Labute approximate surface area is 242 Å². The van der Waals surface area contributed by atoms with Gasteiger partial charge in [-0.2, -0.15) is 9.97 Å². The van der Waals surface area contributed by atoms with Crippen molar-refractivity contribution in [1.82, 2.24) is 20.3 Å². The van der Waals surface area contributed by atoms with Crippen molar-refractivity contribution in [3.8, 4) is 0 Å². The molecule has 0 bridgehead atoms. The highest BCUT2D eigenvalue weighted by Gasteiger charge is 2.25. The number of hydrogen-bond donors (Lipinski definition) is 5. The molecule has 41 heavy (non-hydrogen) atoms. The first-order valence-electron chi connectivity index (χ1n) is 13.2. The molecule has 0 fully saturated rings. The van der Waals surface area contributed by atoms with E-state index in [-0.39, 0.29) is 16.7 Å². The van der Waals surface area contributed by atoms with E-state index in [9.17, 15) is 23.1 Å². The molecule has 0 atom stereocenters. The molecule has 1 amide bonds. The van der Waals surface area contributed by atoms with Gasteiger partial charge in [0.15, 0.2) is 5.13 Å². The minimum Gasteiger partial charge on any atom is -0.477 e. The maximum absolute atomic E-state index is 12.2. The molecule has 1 aliphatic heterocycles. The first-order chi connectivity index (χ1) is 19.4. The third kappa shape index (κ3) is 7.61. The smallest absolute Gasteiger partial charge is 0.347 e. The van der Waals surface area contributed by atoms with E-state index in [2.05, 4.69) is 35.5 Å². The van der Waals surface area contributed by atoms with Gasteiger partial charge in [-0.15, -0.1) is 0 Å². The predicted octanol–water partition coefficient (Wildman–Crippen LogP) is 3.33. The van der Waals surface area contributed by atoms with Gasteiger partial charge in [0.05, 0.1) is 10.9 Å². The van der Waals surface area contributed by atoms with E-state index < -0.39 is 21.2 Å². The zero-order valence-corrected chi connectivity index (χ0v) is 24.9. The van der Waals surface area contributed by atoms with Gasteiger partial charge >= 0.3 is 5.97 Å². The van der Waals surface area contributed by atoms with Crippen molar-refractivity contribution < 1.29 is 23.1 Å². The maximum Gasteiger partial charge on any atom is 0.347 e. The maximum atomic E-state index is 12.2. The number of sulfonamides is 1. The van der Waals surface area contributed by atoms with E-state index in [1.54, 1.807) is 32.9 Å². The molecule has 0 unspecified atom stereocenters. The number of carboxylic acid groups (broad SMARTS) is 1. The summed E-state index contributed by atoms with van der Waals surface area (Å²) in [5, 5.41) is 18.4. The van der Waals surface area contributed by atoms with Gasteiger partial charge in [-0.3, -0.25) is 14.8 Å². The van der Waals surface area contributed by atoms with E-state index in [0.717, 1.165) is 47.7 Å². The van der Waals surface area contributed by atoms with E-state index >= 15 is 0 Å². The molecule has 1 aromatic carbocycles. The standard InChI is InChI=1S/C26H34N8O5S2/c1-15(2)41(38,39)33-19-9-7-18(8-10-19)14-34-13-5-6-20-22(28-12-11-27-17(4)35)30-25(31-23(20)34)32-26-29-16(3)21(40-26)24(36)37/h7-10,15,33H,5-6,11-14H2,1-4H3,(H,27,35)(H,36,37)(H2,28,29,30,31,32). The van der Waals surface area contributed by atoms with Crippen molar-refractivity contribution in [2.45, 2.75) is 52.3 Å². The molecular formula is C26H34N8O5S2. The van der Waals surface area contributed by atoms with Crippen molar-refractivity contribution >= 4 is 61.6 Å². The summed E-state index contributed by atoms with van der Waals surface area (Å²) in [5.41, 5.74) is 2.81. The average molecular weight is 603 g/mol. The lowest BCUT2D eigenvalue weighted by atomic mass is 10.0. The summed E-state index contributed by atoms with van der Waals surface area (Å²) < 4.78 is 27.0. The average Bonchev–Trinajstić information content (AvgIpc) is 3.27. The Kier molecular flexibility index (Phi) is 9.28. The molecule has 0 aliphatic carbocycles. The second-order valence-electron chi connectivity index (χ2n) is 9.89. The lowest BCUT2D eigenvalue weighted by Crippen LogP contribution is -2.32. The summed E-state index contributed by atoms with van der Waals surface area (Å²) in [7, 11) is -3.44. The summed E-state index contributed by atoms with van der Waals surface area (Å²) in [6.45, 7) is 8.49. The number of benzene rings is 1. The topological polar surface area (TPSA) is 179 Å². The van der Waals surface area contributed by atoms with Crippen molar-refractivity contribution in [3.63, 3.8) is 0 Å². The minimum absolute atomic E-state index is 0.124. The van der Waals surface area contributed by atoms with Crippen LogP contribution in [0.3, 0.4) is 0 Å². The summed E-state index contributed by atoms with van der Waals surface area (Å²) in [5.74, 6) is 0.446. The molecule has 1 aliphatic rings. The van der Waals surface area contributed by atoms with Gasteiger partial charge in [0.1, 0.15) is 16.5 Å². The highest BCUT2D eigenvalue weighted by molar-refractivity contribution is 7.93. The first kappa shape index (κ1) is 30.0. The number of carboxylic acids is 1. The molecule has 3 heterocycles. The number of rotatable bonds is 12. The fraction of sp³-hybridized carbons (Fsp3) is 0.423. The number of nitrogens with zero attached hydrogens (tertiary/aromatic N) is 4. The molecule has 2 aromatic heterocycles. The van der Waals surface area contributed by atoms with Crippen LogP contribution in [-0.4, -0.2) is 65.2 Å². The van der Waals surface area contributed by atoms with Crippen LogP contribution in [0.1, 0.15) is 53.7 Å². The highest BCUT2D eigenvalue weighted by Crippen LogP contribution is 2.34. The Morgan fingerprint density at radius 1 is 1.12 bits per heavy atom. The van der Waals surface area contributed by atoms with Crippen LogP contribution < -0.4 is 25.6 Å². The van der Waals surface area contributed by atoms with E-state index in [1.165, 1.54) is 6.92 Å². The van der Waals surface area contributed by atoms with Gasteiger partial charge in [-0.25, -0.2) is 18.2 Å².